The molecule has 1 unspecified atom stereocenters. The number of rotatable bonds is 5. The van der Waals surface area contributed by atoms with Crippen LogP contribution >= 0.6 is 35.0 Å². The lowest BCUT2D eigenvalue weighted by Gasteiger charge is -2.31. The summed E-state index contributed by atoms with van der Waals surface area (Å²) in [7, 11) is 0. The molecule has 0 bridgehead atoms. The van der Waals surface area contributed by atoms with E-state index in [1.807, 2.05) is 24.3 Å². The Morgan fingerprint density at radius 1 is 1.19 bits per heavy atom. The molecule has 1 aliphatic heterocycles. The van der Waals surface area contributed by atoms with Crippen LogP contribution in [0.5, 0.6) is 0 Å². The highest BCUT2D eigenvalue weighted by Crippen LogP contribution is 2.32. The predicted octanol–water partition coefficient (Wildman–Crippen LogP) is 4.62. The summed E-state index contributed by atoms with van der Waals surface area (Å²) in [4.78, 5) is 26.9. The van der Waals surface area contributed by atoms with Gasteiger partial charge in [0.2, 0.25) is 5.91 Å². The number of halogens is 2. The fourth-order valence-corrected chi connectivity index (χ4v) is 4.56. The Morgan fingerprint density at radius 3 is 2.78 bits per heavy atom. The van der Waals surface area contributed by atoms with Gasteiger partial charge in [0.05, 0.1) is 10.9 Å². The normalized spacial score (nSPS) is 17.0. The van der Waals surface area contributed by atoms with Crippen LogP contribution in [0.15, 0.2) is 47.4 Å². The highest BCUT2D eigenvalue weighted by Gasteiger charge is 2.27. The quantitative estimate of drug-likeness (QED) is 0.714. The van der Waals surface area contributed by atoms with Crippen molar-refractivity contribution in [3.63, 3.8) is 0 Å². The average molecular weight is 423 g/mol. The molecule has 3 rings (SSSR count). The summed E-state index contributed by atoms with van der Waals surface area (Å²) in [6.45, 7) is 1.05. The number of carbonyl (C=O) groups is 2. The van der Waals surface area contributed by atoms with Gasteiger partial charge < -0.3 is 10.6 Å². The van der Waals surface area contributed by atoms with E-state index in [2.05, 4.69) is 0 Å². The van der Waals surface area contributed by atoms with Gasteiger partial charge in [-0.3, -0.25) is 9.59 Å². The highest BCUT2D eigenvalue weighted by atomic mass is 35.5. The van der Waals surface area contributed by atoms with Crippen LogP contribution in [-0.4, -0.2) is 29.8 Å². The number of likely N-dealkylation sites (tertiary alicyclic amines) is 1. The van der Waals surface area contributed by atoms with Crippen molar-refractivity contribution in [1.29, 1.82) is 0 Å². The van der Waals surface area contributed by atoms with Gasteiger partial charge in [0.25, 0.3) is 5.91 Å². The van der Waals surface area contributed by atoms with E-state index in [9.17, 15) is 9.59 Å². The summed E-state index contributed by atoms with van der Waals surface area (Å²) in [6.07, 6.45) is 1.54. The minimum absolute atomic E-state index is 0.0615. The summed E-state index contributed by atoms with van der Waals surface area (Å²) in [5.41, 5.74) is 7.05. The number of hydrogen-bond donors (Lipinski definition) is 1. The molecule has 0 aromatic heterocycles. The zero-order valence-corrected chi connectivity index (χ0v) is 17.0. The minimum Gasteiger partial charge on any atom is -0.369 e. The van der Waals surface area contributed by atoms with Crippen molar-refractivity contribution in [2.45, 2.75) is 23.5 Å². The second-order valence-corrected chi connectivity index (χ2v) is 8.42. The fraction of sp³-hybridized carbons (Fsp3) is 0.300. The van der Waals surface area contributed by atoms with E-state index >= 15 is 0 Å². The van der Waals surface area contributed by atoms with Gasteiger partial charge in [0.1, 0.15) is 0 Å². The number of benzene rings is 2. The molecule has 2 aromatic rings. The van der Waals surface area contributed by atoms with E-state index in [0.717, 1.165) is 23.3 Å². The first-order chi connectivity index (χ1) is 12.9. The van der Waals surface area contributed by atoms with Crippen molar-refractivity contribution in [3.8, 4) is 0 Å². The summed E-state index contributed by atoms with van der Waals surface area (Å²) in [5, 5.41) is 1.29. The van der Waals surface area contributed by atoms with Crippen LogP contribution in [0.3, 0.4) is 0 Å². The lowest BCUT2D eigenvalue weighted by molar-refractivity contribution is -0.123. The lowest BCUT2D eigenvalue weighted by atomic mass is 9.97. The summed E-state index contributed by atoms with van der Waals surface area (Å²) < 4.78 is 0. The molecular formula is C20H20Cl2N2O2S. The van der Waals surface area contributed by atoms with Gasteiger partial charge in [0, 0.05) is 34.3 Å². The largest absolute Gasteiger partial charge is 0.369 e. The first kappa shape index (κ1) is 20.1. The molecule has 4 nitrogen and oxygen atoms in total. The van der Waals surface area contributed by atoms with E-state index in [1.165, 1.54) is 0 Å². The van der Waals surface area contributed by atoms with Crippen molar-refractivity contribution in [3.05, 3.63) is 63.6 Å². The van der Waals surface area contributed by atoms with Crippen molar-refractivity contribution in [1.82, 2.24) is 4.90 Å². The van der Waals surface area contributed by atoms with Crippen LogP contribution < -0.4 is 5.73 Å². The fourth-order valence-electron chi connectivity index (χ4n) is 3.12. The topological polar surface area (TPSA) is 63.4 Å². The molecule has 0 spiro atoms. The molecular weight excluding hydrogens is 403 g/mol. The summed E-state index contributed by atoms with van der Waals surface area (Å²) in [5.74, 6) is 0.0153. The van der Waals surface area contributed by atoms with Crippen LogP contribution in [-0.2, 0) is 10.5 Å². The minimum atomic E-state index is -0.337. The third kappa shape index (κ3) is 5.18. The first-order valence-corrected chi connectivity index (χ1v) is 10.4. The van der Waals surface area contributed by atoms with Gasteiger partial charge in [-0.05, 0) is 48.7 Å². The van der Waals surface area contributed by atoms with E-state index in [1.54, 1.807) is 34.9 Å². The van der Waals surface area contributed by atoms with Crippen molar-refractivity contribution < 1.29 is 9.59 Å². The number of thioether (sulfide) groups is 1. The van der Waals surface area contributed by atoms with E-state index in [0.29, 0.717) is 34.5 Å². The van der Waals surface area contributed by atoms with Gasteiger partial charge >= 0.3 is 0 Å². The molecule has 1 saturated heterocycles. The number of primary amides is 1. The number of carbonyl (C=O) groups excluding carboxylic acids is 2. The van der Waals surface area contributed by atoms with Gasteiger partial charge in [-0.1, -0.05) is 35.3 Å². The molecule has 1 fully saturated rings. The smallest absolute Gasteiger partial charge is 0.253 e. The van der Waals surface area contributed by atoms with E-state index in [-0.39, 0.29) is 17.7 Å². The van der Waals surface area contributed by atoms with Crippen LogP contribution in [0, 0.1) is 5.92 Å². The molecule has 2 N–H and O–H groups in total. The Kier molecular flexibility index (Phi) is 6.68. The molecule has 2 amide bonds. The molecule has 0 aliphatic carbocycles. The zero-order chi connectivity index (χ0) is 19.4. The molecule has 0 radical (unpaired) electrons. The van der Waals surface area contributed by atoms with Crippen molar-refractivity contribution in [2.75, 3.05) is 13.1 Å². The maximum absolute atomic E-state index is 12.8. The van der Waals surface area contributed by atoms with Gasteiger partial charge in [-0.2, -0.15) is 0 Å². The highest BCUT2D eigenvalue weighted by molar-refractivity contribution is 7.98. The third-order valence-electron chi connectivity index (χ3n) is 4.57. The maximum atomic E-state index is 12.8. The Morgan fingerprint density at radius 2 is 2.00 bits per heavy atom. The van der Waals surface area contributed by atoms with Gasteiger partial charge in [0.15, 0.2) is 0 Å². The van der Waals surface area contributed by atoms with Gasteiger partial charge in [-0.15, -0.1) is 11.8 Å². The molecule has 27 heavy (non-hydrogen) atoms. The third-order valence-corrected chi connectivity index (χ3v) is 6.38. The maximum Gasteiger partial charge on any atom is 0.253 e. The SMILES string of the molecule is NC(=O)C1CCCN(C(=O)c2cccc(CSc3cc(Cl)ccc3Cl)c2)C1. The first-order valence-electron chi connectivity index (χ1n) is 8.69. The van der Waals surface area contributed by atoms with Crippen LogP contribution in [0.25, 0.3) is 0 Å². The second kappa shape index (κ2) is 9.00. The van der Waals surface area contributed by atoms with Crippen molar-refractivity contribution in [2.24, 2.45) is 11.7 Å². The molecule has 1 aliphatic rings. The number of nitrogens with two attached hydrogens (primary N) is 1. The number of nitrogens with zero attached hydrogens (tertiary/aromatic N) is 1. The Balaban J connectivity index is 1.68. The van der Waals surface area contributed by atoms with E-state index in [4.69, 9.17) is 28.9 Å². The monoisotopic (exact) mass is 422 g/mol. The van der Waals surface area contributed by atoms with Crippen LogP contribution in [0.1, 0.15) is 28.8 Å². The van der Waals surface area contributed by atoms with E-state index < -0.39 is 0 Å². The van der Waals surface area contributed by atoms with Gasteiger partial charge in [-0.25, -0.2) is 0 Å². The molecule has 7 heteroatoms. The zero-order valence-electron chi connectivity index (χ0n) is 14.7. The molecule has 1 heterocycles. The number of piperidine rings is 1. The Hall–Kier alpha value is -1.69. The Bertz CT molecular complexity index is 860. The van der Waals surface area contributed by atoms with Crippen LogP contribution in [0.2, 0.25) is 10.0 Å². The molecule has 0 saturated carbocycles. The Labute approximate surface area is 173 Å². The standard InChI is InChI=1S/C20H20Cl2N2O2S/c21-16-6-7-17(22)18(10-16)27-12-13-3-1-4-14(9-13)20(26)24-8-2-5-15(11-24)19(23)25/h1,3-4,6-7,9-10,15H,2,5,8,11-12H2,(H2,23,25). The second-order valence-electron chi connectivity index (χ2n) is 6.56. The molecule has 2 aromatic carbocycles. The number of amides is 2. The summed E-state index contributed by atoms with van der Waals surface area (Å²) >= 11 is 13.8. The van der Waals surface area contributed by atoms with Crippen LogP contribution in [0.4, 0.5) is 0 Å². The molecule has 1 atom stereocenters. The predicted molar refractivity (Wildman–Crippen MR) is 110 cm³/mol. The number of hydrogen-bond acceptors (Lipinski definition) is 3. The lowest BCUT2D eigenvalue weighted by Crippen LogP contribution is -2.44. The summed E-state index contributed by atoms with van der Waals surface area (Å²) in [6, 6.07) is 12.9. The van der Waals surface area contributed by atoms with Crippen molar-refractivity contribution >= 4 is 46.8 Å². The average Bonchev–Trinajstić information content (AvgIpc) is 2.68. The molecule has 142 valence electrons.